The molecule has 0 radical (unpaired) electrons. The van der Waals surface area contributed by atoms with Crippen molar-refractivity contribution in [3.8, 4) is 0 Å². The first-order chi connectivity index (χ1) is 10.2. The molecule has 1 saturated carbocycles. The van der Waals surface area contributed by atoms with Crippen molar-refractivity contribution >= 4 is 16.7 Å². The smallest absolute Gasteiger partial charge is 0.374 e. The minimum Gasteiger partial charge on any atom is -0.457 e. The molecule has 4 heteroatoms. The minimum absolute atomic E-state index is 0.0112. The van der Waals surface area contributed by atoms with Crippen LogP contribution in [-0.4, -0.2) is 12.1 Å². The Balaban J connectivity index is 1.82. The summed E-state index contributed by atoms with van der Waals surface area (Å²) < 4.78 is 10.6. The van der Waals surface area contributed by atoms with Crippen molar-refractivity contribution in [2.75, 3.05) is 0 Å². The zero-order valence-corrected chi connectivity index (χ0v) is 11.8. The number of esters is 1. The maximum absolute atomic E-state index is 12.2. The Morgan fingerprint density at radius 3 is 2.57 bits per heavy atom. The van der Waals surface area contributed by atoms with Gasteiger partial charge < -0.3 is 9.15 Å². The van der Waals surface area contributed by atoms with E-state index in [1.807, 2.05) is 6.07 Å². The molecule has 0 bridgehead atoms. The number of fused-ring (bicyclic) bond motifs is 1. The normalized spacial score (nSPS) is 16.6. The SMILES string of the molecule is O=C(OC1CCCCCC1)c1cc2ccccc2c(=O)o1. The average molecular weight is 286 g/mol. The topological polar surface area (TPSA) is 56.5 Å². The quantitative estimate of drug-likeness (QED) is 0.624. The second-order valence-corrected chi connectivity index (χ2v) is 5.50. The lowest BCUT2D eigenvalue weighted by atomic mass is 10.1. The maximum atomic E-state index is 12.2. The molecule has 0 amide bonds. The van der Waals surface area contributed by atoms with Gasteiger partial charge in [0.05, 0.1) is 5.39 Å². The van der Waals surface area contributed by atoms with Crippen LogP contribution in [0.3, 0.4) is 0 Å². The van der Waals surface area contributed by atoms with E-state index in [2.05, 4.69) is 0 Å². The van der Waals surface area contributed by atoms with E-state index in [4.69, 9.17) is 9.15 Å². The highest BCUT2D eigenvalue weighted by molar-refractivity contribution is 5.91. The van der Waals surface area contributed by atoms with Gasteiger partial charge in [0.15, 0.2) is 0 Å². The lowest BCUT2D eigenvalue weighted by molar-refractivity contribution is 0.0228. The largest absolute Gasteiger partial charge is 0.457 e. The van der Waals surface area contributed by atoms with Crippen LogP contribution in [0.15, 0.2) is 39.5 Å². The predicted molar refractivity (Wildman–Crippen MR) is 79.4 cm³/mol. The Morgan fingerprint density at radius 2 is 1.81 bits per heavy atom. The van der Waals surface area contributed by atoms with Gasteiger partial charge in [0.2, 0.25) is 5.76 Å². The van der Waals surface area contributed by atoms with E-state index >= 15 is 0 Å². The number of rotatable bonds is 2. The molecule has 0 unspecified atom stereocenters. The van der Waals surface area contributed by atoms with Crippen LogP contribution in [0.5, 0.6) is 0 Å². The predicted octanol–water partition coefficient (Wildman–Crippen LogP) is 3.67. The number of ether oxygens (including phenoxy) is 1. The molecule has 4 nitrogen and oxygen atoms in total. The number of carbonyl (C=O) groups is 1. The number of benzene rings is 1. The number of carbonyl (C=O) groups excluding carboxylic acids is 1. The molecule has 0 atom stereocenters. The fourth-order valence-electron chi connectivity index (χ4n) is 2.80. The van der Waals surface area contributed by atoms with E-state index in [0.717, 1.165) is 25.7 Å². The summed E-state index contributed by atoms with van der Waals surface area (Å²) in [5.74, 6) is -0.548. The van der Waals surface area contributed by atoms with Crippen LogP contribution >= 0.6 is 0 Å². The molecule has 1 aliphatic carbocycles. The zero-order chi connectivity index (χ0) is 14.7. The highest BCUT2D eigenvalue weighted by Crippen LogP contribution is 2.21. The van der Waals surface area contributed by atoms with Crippen molar-refractivity contribution in [1.29, 1.82) is 0 Å². The van der Waals surface area contributed by atoms with E-state index in [9.17, 15) is 9.59 Å². The monoisotopic (exact) mass is 286 g/mol. The summed E-state index contributed by atoms with van der Waals surface area (Å²) in [7, 11) is 0. The lowest BCUT2D eigenvalue weighted by Gasteiger charge is -2.14. The summed E-state index contributed by atoms with van der Waals surface area (Å²) >= 11 is 0. The minimum atomic E-state index is -0.537. The molecule has 110 valence electrons. The Bertz CT molecular complexity index is 693. The third-order valence-corrected chi connectivity index (χ3v) is 3.95. The molecule has 2 aromatic rings. The van der Waals surface area contributed by atoms with Crippen molar-refractivity contribution in [2.24, 2.45) is 0 Å². The van der Waals surface area contributed by atoms with Crippen LogP contribution in [0.25, 0.3) is 10.8 Å². The fourth-order valence-corrected chi connectivity index (χ4v) is 2.80. The molecule has 0 spiro atoms. The highest BCUT2D eigenvalue weighted by Gasteiger charge is 2.20. The number of hydrogen-bond acceptors (Lipinski definition) is 4. The maximum Gasteiger partial charge on any atom is 0.374 e. The van der Waals surface area contributed by atoms with Gasteiger partial charge in [-0.3, -0.25) is 0 Å². The molecule has 1 fully saturated rings. The molecule has 3 rings (SSSR count). The van der Waals surface area contributed by atoms with Crippen LogP contribution in [-0.2, 0) is 4.74 Å². The molecule has 1 aromatic heterocycles. The van der Waals surface area contributed by atoms with E-state index in [1.54, 1.807) is 24.3 Å². The van der Waals surface area contributed by atoms with Gasteiger partial charge in [-0.25, -0.2) is 9.59 Å². The molecule has 21 heavy (non-hydrogen) atoms. The van der Waals surface area contributed by atoms with Gasteiger partial charge in [0, 0.05) is 0 Å². The third-order valence-electron chi connectivity index (χ3n) is 3.95. The Kier molecular flexibility index (Phi) is 4.04. The van der Waals surface area contributed by atoms with Gasteiger partial charge in [-0.05, 0) is 43.2 Å². The Labute approximate surface area is 122 Å². The van der Waals surface area contributed by atoms with Crippen molar-refractivity contribution in [2.45, 2.75) is 44.6 Å². The second-order valence-electron chi connectivity index (χ2n) is 5.50. The summed E-state index contributed by atoms with van der Waals surface area (Å²) in [6.07, 6.45) is 6.28. The highest BCUT2D eigenvalue weighted by atomic mass is 16.6. The molecule has 1 aliphatic rings. The molecule has 1 heterocycles. The van der Waals surface area contributed by atoms with Gasteiger partial charge in [-0.2, -0.15) is 0 Å². The molecule has 0 saturated heterocycles. The first-order valence-corrected chi connectivity index (χ1v) is 7.48. The standard InChI is InChI=1S/C17H18O4/c18-16-14-10-6-5-7-12(14)11-15(21-16)17(19)20-13-8-3-1-2-4-9-13/h5-7,10-11,13H,1-4,8-9H2. The second kappa shape index (κ2) is 6.12. The van der Waals surface area contributed by atoms with E-state index in [-0.39, 0.29) is 11.9 Å². The summed E-state index contributed by atoms with van der Waals surface area (Å²) in [6.45, 7) is 0. The van der Waals surface area contributed by atoms with Crippen LogP contribution in [0.2, 0.25) is 0 Å². The Morgan fingerprint density at radius 1 is 1.10 bits per heavy atom. The molecule has 0 aliphatic heterocycles. The van der Waals surface area contributed by atoms with Crippen LogP contribution in [0.1, 0.15) is 49.1 Å². The van der Waals surface area contributed by atoms with Crippen LogP contribution in [0, 0.1) is 0 Å². The zero-order valence-electron chi connectivity index (χ0n) is 11.8. The van der Waals surface area contributed by atoms with Crippen LogP contribution in [0.4, 0.5) is 0 Å². The van der Waals surface area contributed by atoms with Crippen molar-refractivity contribution < 1.29 is 13.9 Å². The summed E-state index contributed by atoms with van der Waals surface area (Å²) in [5, 5.41) is 1.17. The van der Waals surface area contributed by atoms with Gasteiger partial charge in [-0.15, -0.1) is 0 Å². The van der Waals surface area contributed by atoms with Gasteiger partial charge >= 0.3 is 11.6 Å². The van der Waals surface area contributed by atoms with Gasteiger partial charge in [-0.1, -0.05) is 31.0 Å². The van der Waals surface area contributed by atoms with Crippen molar-refractivity contribution in [3.05, 3.63) is 46.5 Å². The third kappa shape index (κ3) is 3.15. The van der Waals surface area contributed by atoms with E-state index < -0.39 is 11.6 Å². The molecular weight excluding hydrogens is 268 g/mol. The van der Waals surface area contributed by atoms with E-state index in [0.29, 0.717) is 10.8 Å². The summed E-state index contributed by atoms with van der Waals surface area (Å²) in [6, 6.07) is 8.64. The van der Waals surface area contributed by atoms with Gasteiger partial charge in [0.1, 0.15) is 6.10 Å². The summed E-state index contributed by atoms with van der Waals surface area (Å²) in [4.78, 5) is 24.0. The Hall–Kier alpha value is -2.10. The first kappa shape index (κ1) is 13.9. The average Bonchev–Trinajstić information content (AvgIpc) is 2.76. The molecular formula is C17H18O4. The molecule has 0 N–H and O–H groups in total. The molecule has 1 aromatic carbocycles. The summed E-state index contributed by atoms with van der Waals surface area (Å²) in [5.41, 5.74) is -0.499. The first-order valence-electron chi connectivity index (χ1n) is 7.48. The van der Waals surface area contributed by atoms with E-state index in [1.165, 1.54) is 12.8 Å². The number of hydrogen-bond donors (Lipinski definition) is 0. The van der Waals surface area contributed by atoms with Crippen molar-refractivity contribution in [1.82, 2.24) is 0 Å². The van der Waals surface area contributed by atoms with Crippen molar-refractivity contribution in [3.63, 3.8) is 0 Å². The van der Waals surface area contributed by atoms with Crippen LogP contribution < -0.4 is 5.63 Å². The fraction of sp³-hybridized carbons (Fsp3) is 0.412. The lowest BCUT2D eigenvalue weighted by Crippen LogP contribution is -2.18. The van der Waals surface area contributed by atoms with Gasteiger partial charge in [0.25, 0.3) is 0 Å².